The minimum absolute atomic E-state index is 0. The van der Waals surface area contributed by atoms with Gasteiger partial charge < -0.3 is 14.2 Å². The van der Waals surface area contributed by atoms with Crippen molar-refractivity contribution in [2.75, 3.05) is 7.11 Å². The third-order valence-electron chi connectivity index (χ3n) is 4.57. The van der Waals surface area contributed by atoms with Crippen molar-refractivity contribution < 1.29 is 19.0 Å². The third kappa shape index (κ3) is 6.41. The summed E-state index contributed by atoms with van der Waals surface area (Å²) in [5, 5.41) is 1.10. The summed E-state index contributed by atoms with van der Waals surface area (Å²) in [7, 11) is 1.30. The fraction of sp³-hybridized carbons (Fsp3) is 0.0385. The van der Waals surface area contributed by atoms with Crippen molar-refractivity contribution in [3.63, 3.8) is 0 Å². The average molecular weight is 471 g/mol. The van der Waals surface area contributed by atoms with Gasteiger partial charge in [0.2, 0.25) is 0 Å². The Labute approximate surface area is 211 Å². The Bertz CT molecular complexity index is 1220. The van der Waals surface area contributed by atoms with Gasteiger partial charge in [-0.15, -0.1) is 0 Å². The summed E-state index contributed by atoms with van der Waals surface area (Å²) in [5.74, 6) is 2.98. The van der Waals surface area contributed by atoms with Crippen molar-refractivity contribution in [3.05, 3.63) is 108 Å². The van der Waals surface area contributed by atoms with Gasteiger partial charge in [-0.2, -0.15) is 0 Å². The van der Waals surface area contributed by atoms with Crippen LogP contribution in [0.5, 0.6) is 28.7 Å². The van der Waals surface area contributed by atoms with E-state index in [1.807, 2.05) is 72.8 Å². The molecule has 0 fully saturated rings. The number of benzene rings is 4. The van der Waals surface area contributed by atoms with Crippen molar-refractivity contribution in [2.24, 2.45) is 0 Å². The monoisotopic (exact) mass is 470 g/mol. The molecule has 0 spiro atoms. The molecule has 0 N–H and O–H groups in total. The number of carbonyl (C=O) groups excluding carboxylic acids is 1. The van der Waals surface area contributed by atoms with E-state index in [0.717, 1.165) is 5.30 Å². The van der Waals surface area contributed by atoms with Crippen molar-refractivity contribution in [1.29, 1.82) is 0 Å². The van der Waals surface area contributed by atoms with Gasteiger partial charge >= 0.3 is 18.9 Å². The Morgan fingerprint density at radius 1 is 0.727 bits per heavy atom. The van der Waals surface area contributed by atoms with Crippen molar-refractivity contribution in [1.82, 2.24) is 0 Å². The Morgan fingerprint density at radius 2 is 1.36 bits per heavy atom. The van der Waals surface area contributed by atoms with Crippen LogP contribution in [0.4, 0.5) is 0 Å². The summed E-state index contributed by atoms with van der Waals surface area (Å²) >= 11 is 6.31. The van der Waals surface area contributed by atoms with Gasteiger partial charge in [0.25, 0.3) is 0 Å². The molecule has 1 atom stereocenters. The van der Waals surface area contributed by atoms with E-state index in [9.17, 15) is 4.79 Å². The van der Waals surface area contributed by atoms with Crippen LogP contribution in [0.25, 0.3) is 0 Å². The summed E-state index contributed by atoms with van der Waals surface area (Å²) in [4.78, 5) is 13.2. The second-order valence-corrected chi connectivity index (χ2v) is 8.41. The van der Waals surface area contributed by atoms with E-state index < -0.39 is 0 Å². The van der Waals surface area contributed by atoms with Crippen LogP contribution in [0.3, 0.4) is 0 Å². The van der Waals surface area contributed by atoms with Crippen LogP contribution < -0.4 is 19.5 Å². The molecule has 4 aromatic rings. The summed E-state index contributed by atoms with van der Waals surface area (Å²) in [6.07, 6.45) is 0. The predicted octanol–water partition coefficient (Wildman–Crippen LogP) is 6.43. The quantitative estimate of drug-likeness (QED) is 0.220. The molecule has 33 heavy (non-hydrogen) atoms. The van der Waals surface area contributed by atoms with Crippen LogP contribution >= 0.6 is 20.2 Å². The molecule has 0 aliphatic rings. The van der Waals surface area contributed by atoms with Gasteiger partial charge in [-0.1, -0.05) is 54.1 Å². The van der Waals surface area contributed by atoms with E-state index in [4.69, 9.17) is 25.8 Å². The van der Waals surface area contributed by atoms with E-state index in [1.165, 1.54) is 7.11 Å². The van der Waals surface area contributed by atoms with Crippen molar-refractivity contribution in [3.8, 4) is 28.7 Å². The number of hydrogen-bond donors (Lipinski definition) is 0. The number of ether oxygens (including phenoxy) is 3. The first-order valence-electron chi connectivity index (χ1n) is 9.88. The number of hydrogen-bond acceptors (Lipinski definition) is 4. The molecule has 162 valence electrons. The second kappa shape index (κ2) is 11.9. The molecule has 0 radical (unpaired) electrons. The van der Waals surface area contributed by atoms with Gasteiger partial charge in [0.05, 0.1) is 17.7 Å². The van der Waals surface area contributed by atoms with Gasteiger partial charge in [-0.25, -0.2) is 0 Å². The van der Waals surface area contributed by atoms with Gasteiger partial charge in [0.15, 0.2) is 5.52 Å². The molecule has 4 rings (SSSR count). The molecule has 0 aromatic heterocycles. The fourth-order valence-electron chi connectivity index (χ4n) is 3.07. The maximum atomic E-state index is 13.2. The van der Waals surface area contributed by atoms with Gasteiger partial charge in [-0.05, 0) is 57.1 Å². The van der Waals surface area contributed by atoms with Crippen LogP contribution in [0.2, 0.25) is 5.02 Å². The zero-order valence-electron chi connectivity index (χ0n) is 17.2. The molecule has 4 nitrogen and oxygen atoms in total. The Balaban J connectivity index is 0.00000306. The van der Waals surface area contributed by atoms with Crippen LogP contribution in [-0.2, 0) is 0 Å². The summed E-state index contributed by atoms with van der Waals surface area (Å²) in [6, 6.07) is 29.5. The Kier molecular flexibility index (Phi) is 9.01. The number of carbonyl (C=O) groups is 1. The van der Waals surface area contributed by atoms with Crippen LogP contribution in [0.1, 0.15) is 10.4 Å². The second-order valence-electron chi connectivity index (χ2n) is 6.76. The molecule has 0 aliphatic carbocycles. The first-order chi connectivity index (χ1) is 15.6. The van der Waals surface area contributed by atoms with E-state index in [0.29, 0.717) is 39.3 Å². The van der Waals surface area contributed by atoms with Crippen LogP contribution in [0.15, 0.2) is 97.1 Å². The van der Waals surface area contributed by atoms with Gasteiger partial charge in [0.1, 0.15) is 28.7 Å². The van der Waals surface area contributed by atoms with Crippen LogP contribution in [0, 0.1) is 0 Å². The van der Waals surface area contributed by atoms with E-state index in [-0.39, 0.29) is 33.0 Å². The molecule has 0 amide bonds. The van der Waals surface area contributed by atoms with Gasteiger partial charge in [-0.3, -0.25) is 4.79 Å². The van der Waals surface area contributed by atoms with Crippen LogP contribution in [-0.4, -0.2) is 31.5 Å². The molecule has 0 bridgehead atoms. The number of methoxy groups -OCH3 is 1. The Hall–Kier alpha value is -2.73. The van der Waals surface area contributed by atoms with E-state index >= 15 is 0 Å². The summed E-state index contributed by atoms with van der Waals surface area (Å²) < 4.78 is 17.4. The molecule has 0 saturated heterocycles. The third-order valence-corrected chi connectivity index (χ3v) is 6.05. The zero-order valence-corrected chi connectivity index (χ0v) is 19.0. The summed E-state index contributed by atoms with van der Waals surface area (Å²) in [6.45, 7) is 0. The molecule has 7 heteroatoms. The number of para-hydroxylation sites is 2. The molecule has 1 unspecified atom stereocenters. The fourth-order valence-corrected chi connectivity index (χ4v) is 4.45. The average Bonchev–Trinajstić information content (AvgIpc) is 2.81. The molecular weight excluding hydrogens is 450 g/mol. The minimum atomic E-state index is -0.218. The molecule has 0 saturated carbocycles. The molecular formula is C26H21ClLiO4P. The zero-order chi connectivity index (χ0) is 22.3. The first kappa shape index (κ1) is 24.9. The normalized spacial score (nSPS) is 10.5. The maximum absolute atomic E-state index is 13.2. The topological polar surface area (TPSA) is 44.8 Å². The van der Waals surface area contributed by atoms with Gasteiger partial charge in [0, 0.05) is 11.4 Å². The Morgan fingerprint density at radius 3 is 2.00 bits per heavy atom. The van der Waals surface area contributed by atoms with E-state index in [1.54, 1.807) is 24.3 Å². The SMILES string of the molecule is COc1cccc(Cl)c1C(=O)Pc1ccc(Oc2ccccc2)cc1Oc1ccccc1.[LiH]. The number of rotatable bonds is 8. The molecule has 0 aliphatic heterocycles. The first-order valence-corrected chi connectivity index (χ1v) is 11.3. The van der Waals surface area contributed by atoms with E-state index in [2.05, 4.69) is 0 Å². The van der Waals surface area contributed by atoms with Crippen molar-refractivity contribution in [2.45, 2.75) is 0 Å². The molecule has 4 aromatic carbocycles. The van der Waals surface area contributed by atoms with Crippen molar-refractivity contribution >= 4 is 49.9 Å². The molecule has 0 heterocycles. The summed E-state index contributed by atoms with van der Waals surface area (Å²) in [5.41, 5.74) is 0.229. The standard InChI is InChI=1S/C26H20ClO4P.Li.H/c1-29-22-14-8-13-21(27)25(22)26(28)32-24-16-15-20(30-18-9-4-2-5-10-18)17-23(24)31-19-11-6-3-7-12-19;;/h2-17,32H,1H3;;. The predicted molar refractivity (Wildman–Crippen MR) is 137 cm³/mol. The number of halogens is 1.